The fourth-order valence-electron chi connectivity index (χ4n) is 8.63. The lowest BCUT2D eigenvalue weighted by atomic mass is 9.89. The fraction of sp³-hybridized carbons (Fsp3) is 0.522. The summed E-state index contributed by atoms with van der Waals surface area (Å²) in [4.78, 5) is 67.1. The van der Waals surface area contributed by atoms with Crippen LogP contribution in [-0.2, 0) is 39.0 Å². The topological polar surface area (TPSA) is 332 Å². The van der Waals surface area contributed by atoms with Crippen LogP contribution in [0.5, 0.6) is 11.5 Å². The van der Waals surface area contributed by atoms with Crippen molar-refractivity contribution in [1.82, 2.24) is 25.3 Å². The summed E-state index contributed by atoms with van der Waals surface area (Å²) in [6.07, 6.45) is 2.09. The van der Waals surface area contributed by atoms with Gasteiger partial charge in [0.25, 0.3) is 15.9 Å². The van der Waals surface area contributed by atoms with Gasteiger partial charge in [-0.3, -0.25) is 19.4 Å². The van der Waals surface area contributed by atoms with Gasteiger partial charge in [-0.05, 0) is 134 Å². The van der Waals surface area contributed by atoms with E-state index in [1.165, 1.54) is 5.56 Å². The van der Waals surface area contributed by atoms with Gasteiger partial charge in [0.05, 0.1) is 23.4 Å². The van der Waals surface area contributed by atoms with Crippen molar-refractivity contribution in [3.63, 3.8) is 0 Å². The lowest BCUT2D eigenvalue weighted by Gasteiger charge is -2.19. The Balaban J connectivity index is 1.10. The minimum atomic E-state index is -4.15. The Labute approximate surface area is 391 Å². The van der Waals surface area contributed by atoms with E-state index in [4.69, 9.17) is 32.4 Å². The van der Waals surface area contributed by atoms with E-state index in [0.717, 1.165) is 40.0 Å². The maximum Gasteiger partial charge on any atom is 0.306 e. The van der Waals surface area contributed by atoms with E-state index in [-0.39, 0.29) is 48.2 Å². The van der Waals surface area contributed by atoms with E-state index in [0.29, 0.717) is 54.7 Å². The predicted octanol–water partition coefficient (Wildman–Crippen LogP) is 3.45. The number of carboxylic acid groups (broad SMARTS) is 1. The van der Waals surface area contributed by atoms with E-state index in [1.54, 1.807) is 20.8 Å². The predicted molar refractivity (Wildman–Crippen MR) is 255 cm³/mol. The third kappa shape index (κ3) is 11.7. The number of aromatic nitrogens is 2. The van der Waals surface area contributed by atoms with Gasteiger partial charge in [0.15, 0.2) is 34.8 Å². The minimum absolute atomic E-state index is 0.0445. The first-order chi connectivity index (χ1) is 31.2. The number of benzene rings is 2. The highest BCUT2D eigenvalue weighted by molar-refractivity contribution is 7.90. The molecule has 0 radical (unpaired) electrons. The van der Waals surface area contributed by atoms with Crippen molar-refractivity contribution < 1.29 is 42.2 Å². The number of carboxylic acids is 1. The van der Waals surface area contributed by atoms with Crippen LogP contribution in [-0.4, -0.2) is 89.7 Å². The molecule has 21 heteroatoms. The van der Waals surface area contributed by atoms with Gasteiger partial charge in [0.1, 0.15) is 29.0 Å². The molecule has 67 heavy (non-hydrogen) atoms. The number of aliphatic carboxylic acids is 1. The Kier molecular flexibility index (Phi) is 15.5. The number of nitrogens with two attached hydrogens (primary N) is 4. The highest BCUT2D eigenvalue weighted by atomic mass is 32.2. The van der Waals surface area contributed by atoms with Gasteiger partial charge < -0.3 is 52.9 Å². The third-order valence-corrected chi connectivity index (χ3v) is 14.0. The Morgan fingerprint density at radius 2 is 1.36 bits per heavy atom. The summed E-state index contributed by atoms with van der Waals surface area (Å²) in [6.45, 7) is 20.1. The van der Waals surface area contributed by atoms with Crippen LogP contribution < -0.4 is 47.8 Å². The number of nitrogen functional groups attached to an aromatic ring is 2. The molecule has 0 saturated heterocycles. The first-order valence-electron chi connectivity index (χ1n) is 22.1. The van der Waals surface area contributed by atoms with Crippen LogP contribution in [0.1, 0.15) is 131 Å². The van der Waals surface area contributed by atoms with Crippen LogP contribution in [0, 0.1) is 47.5 Å². The maximum absolute atomic E-state index is 13.5. The number of Topliss-reactive ketones (excluding diaryl/α,β-unsaturated/α-hetero) is 1. The molecule has 364 valence electrons. The molecule has 1 amide bonds. The number of amides is 1. The van der Waals surface area contributed by atoms with Crippen molar-refractivity contribution in [2.24, 2.45) is 27.4 Å². The molecule has 2 atom stereocenters. The number of ether oxygens (including phenoxy) is 2. The largest absolute Gasteiger partial charge is 0.487 e. The molecule has 0 unspecified atom stereocenters. The van der Waals surface area contributed by atoms with E-state index in [2.05, 4.69) is 56.1 Å². The van der Waals surface area contributed by atoms with Crippen molar-refractivity contribution in [2.45, 2.75) is 143 Å². The van der Waals surface area contributed by atoms with Gasteiger partial charge in [0, 0.05) is 43.5 Å². The molecule has 20 nitrogen and oxygen atoms in total. The molecule has 2 aliphatic heterocycles. The number of ketones is 1. The molecule has 1 aromatic heterocycles. The van der Waals surface area contributed by atoms with Crippen LogP contribution in [0.4, 0.5) is 11.6 Å². The standard InChI is InChI=1S/C46H65N11O9S/c1-22-23(2)36-30(18-45(7,8)65-36)26(5)32(22)20-53-43(49)51-16-12-14-29(21-58)54-41(60)35-40(48)55-34(39(47)56-35)33(59)17-28(42(61)62)13-11-15-52-44(50)57-67(63,64)38-25(4)24(3)37-31(27(38)6)19-46(9,10)66-37/h21,28-29H,11-20H2,1-10H3,(H2,47,56)(H2,48,55)(H,54,60)(H,61,62)(H3,49,51,53)(H3,50,52,57)/t28-,29+/m1/s1. The fourth-order valence-corrected chi connectivity index (χ4v) is 10.1. The third-order valence-electron chi connectivity index (χ3n) is 12.4. The van der Waals surface area contributed by atoms with Crippen LogP contribution in [0.25, 0.3) is 0 Å². The maximum atomic E-state index is 13.5. The van der Waals surface area contributed by atoms with Crippen LogP contribution in [0.15, 0.2) is 14.9 Å². The minimum Gasteiger partial charge on any atom is -0.487 e. The average molecular weight is 948 g/mol. The summed E-state index contributed by atoms with van der Waals surface area (Å²) < 4.78 is 41.7. The second-order valence-electron chi connectivity index (χ2n) is 18.6. The number of anilines is 2. The number of hydrogen-bond donors (Lipinski definition) is 8. The van der Waals surface area contributed by atoms with Gasteiger partial charge in [-0.25, -0.2) is 28.1 Å². The van der Waals surface area contributed by atoms with E-state index >= 15 is 0 Å². The average Bonchev–Trinajstić information content (AvgIpc) is 3.76. The number of aldehydes is 1. The number of aliphatic imine (C=N–C) groups is 2. The second-order valence-corrected chi connectivity index (χ2v) is 20.2. The van der Waals surface area contributed by atoms with Crippen molar-refractivity contribution >= 4 is 57.5 Å². The molecule has 3 aromatic rings. The number of carbonyl (C=O) groups is 4. The molecule has 0 aliphatic carbocycles. The molecule has 5 rings (SSSR count). The molecule has 3 heterocycles. The highest BCUT2D eigenvalue weighted by Crippen LogP contribution is 2.44. The Morgan fingerprint density at radius 1 is 0.791 bits per heavy atom. The summed E-state index contributed by atoms with van der Waals surface area (Å²) in [5.41, 5.74) is 30.8. The van der Waals surface area contributed by atoms with Gasteiger partial charge >= 0.3 is 5.97 Å². The first kappa shape index (κ1) is 51.5. The van der Waals surface area contributed by atoms with Gasteiger partial charge in [-0.1, -0.05) is 0 Å². The Bertz CT molecular complexity index is 2660. The lowest BCUT2D eigenvalue weighted by Crippen LogP contribution is -2.38. The van der Waals surface area contributed by atoms with Crippen molar-refractivity contribution in [2.75, 3.05) is 24.6 Å². The number of fused-ring (bicyclic) bond motifs is 2. The molecule has 2 aliphatic rings. The van der Waals surface area contributed by atoms with Crippen molar-refractivity contribution in [3.8, 4) is 11.5 Å². The monoisotopic (exact) mass is 947 g/mol. The molecule has 0 bridgehead atoms. The molecule has 2 aromatic carbocycles. The lowest BCUT2D eigenvalue weighted by molar-refractivity contribution is -0.141. The number of nitrogens with one attached hydrogen (secondary N) is 3. The SMILES string of the molecule is Cc1c(C)c2c(c(C)c1CN=C(N)NCCC[C@@H](C=O)NC(=O)c1nc(N)c(C(=O)C[C@@H](CCCN=C(N)NS(=O)(=O)c3c(C)c(C)c4c(c3C)CC(C)(C)O4)C(=O)O)nc1N)CC(C)(C)O2. The molecule has 0 fully saturated rings. The number of nitrogens with zero attached hydrogens (tertiary/aromatic N) is 4. The summed E-state index contributed by atoms with van der Waals surface area (Å²) in [6, 6.07) is -0.941. The number of carbonyl (C=O) groups excluding carboxylic acids is 3. The normalized spacial score (nSPS) is 16.0. The quantitative estimate of drug-likeness (QED) is 0.0280. The van der Waals surface area contributed by atoms with Crippen LogP contribution in [0.3, 0.4) is 0 Å². The van der Waals surface area contributed by atoms with Gasteiger partial charge in [0.2, 0.25) is 5.96 Å². The Morgan fingerprint density at radius 3 is 1.96 bits per heavy atom. The van der Waals surface area contributed by atoms with Gasteiger partial charge in [-0.15, -0.1) is 0 Å². The number of guanidine groups is 2. The van der Waals surface area contributed by atoms with E-state index < -0.39 is 74.7 Å². The zero-order chi connectivity index (χ0) is 49.9. The van der Waals surface area contributed by atoms with E-state index in [1.807, 2.05) is 27.7 Å². The summed E-state index contributed by atoms with van der Waals surface area (Å²) >= 11 is 0. The van der Waals surface area contributed by atoms with Gasteiger partial charge in [-0.2, -0.15) is 0 Å². The summed E-state index contributed by atoms with van der Waals surface area (Å²) in [7, 11) is -4.15. The van der Waals surface area contributed by atoms with Crippen LogP contribution in [0.2, 0.25) is 0 Å². The highest BCUT2D eigenvalue weighted by Gasteiger charge is 2.37. The Hall–Kier alpha value is -6.51. The van der Waals surface area contributed by atoms with E-state index in [9.17, 15) is 32.7 Å². The molecular weight excluding hydrogens is 883 g/mol. The molecule has 12 N–H and O–H groups in total. The molecular formula is C46H65N11O9S. The zero-order valence-corrected chi connectivity index (χ0v) is 40.8. The molecule has 0 saturated carbocycles. The zero-order valence-electron chi connectivity index (χ0n) is 40.0. The number of hydrogen-bond acceptors (Lipinski definition) is 14. The number of rotatable bonds is 19. The van der Waals surface area contributed by atoms with Crippen molar-refractivity contribution in [1.29, 1.82) is 0 Å². The second kappa shape index (κ2) is 20.2. The summed E-state index contributed by atoms with van der Waals surface area (Å²) in [5.74, 6) is -3.59. The van der Waals surface area contributed by atoms with Crippen molar-refractivity contribution in [3.05, 3.63) is 61.5 Å². The summed E-state index contributed by atoms with van der Waals surface area (Å²) in [5, 5.41) is 15.5. The number of sulfonamides is 1. The first-order valence-corrected chi connectivity index (χ1v) is 23.6. The smallest absolute Gasteiger partial charge is 0.306 e. The molecule has 0 spiro atoms. The van der Waals surface area contributed by atoms with Crippen LogP contribution >= 0.6 is 0 Å².